The monoisotopic (exact) mass is 191 g/mol. The van der Waals surface area contributed by atoms with Gasteiger partial charge in [0.1, 0.15) is 0 Å². The van der Waals surface area contributed by atoms with Gasteiger partial charge in [-0.2, -0.15) is 0 Å². The highest BCUT2D eigenvalue weighted by Crippen LogP contribution is 2.28. The second kappa shape index (κ2) is 3.39. The Bertz CT molecular complexity index is 401. The molecule has 1 aliphatic rings. The molecule has 1 aromatic rings. The molecule has 14 heavy (non-hydrogen) atoms. The van der Waals surface area contributed by atoms with Gasteiger partial charge in [0.05, 0.1) is 11.9 Å². The van der Waals surface area contributed by atoms with Crippen molar-refractivity contribution in [3.8, 4) is 5.75 Å². The lowest BCUT2D eigenvalue weighted by Gasteiger charge is -2.17. The highest BCUT2D eigenvalue weighted by molar-refractivity contribution is 5.92. The molecule has 0 aliphatic carbocycles. The molecule has 0 saturated heterocycles. The van der Waals surface area contributed by atoms with Crippen LogP contribution in [0.3, 0.4) is 0 Å². The van der Waals surface area contributed by atoms with Gasteiger partial charge in [0.2, 0.25) is 5.76 Å². The summed E-state index contributed by atoms with van der Waals surface area (Å²) in [6, 6.07) is 7.31. The molecule has 5 nitrogen and oxygen atoms in total. The largest absolute Gasteiger partial charge is 0.448 e. The maximum absolute atomic E-state index is 11.1. The second-order valence-corrected chi connectivity index (χ2v) is 2.72. The molecule has 0 saturated carbocycles. The van der Waals surface area contributed by atoms with Gasteiger partial charge in [0.15, 0.2) is 5.75 Å². The fourth-order valence-electron chi connectivity index (χ4n) is 1.15. The molecule has 0 spiro atoms. The van der Waals surface area contributed by atoms with Crippen LogP contribution in [0.25, 0.3) is 0 Å². The maximum Gasteiger partial charge on any atom is 0.302 e. The van der Waals surface area contributed by atoms with Gasteiger partial charge < -0.3 is 10.1 Å². The topological polar surface area (TPSA) is 76.4 Å². The zero-order valence-corrected chi connectivity index (χ0v) is 7.28. The summed E-state index contributed by atoms with van der Waals surface area (Å²) < 4.78 is 5.29. The van der Waals surface area contributed by atoms with E-state index in [-0.39, 0.29) is 5.76 Å². The fraction of sp³-hybridized carbons (Fsp3) is 0. The molecule has 0 aromatic heterocycles. The highest BCUT2D eigenvalue weighted by Gasteiger charge is 2.16. The maximum atomic E-state index is 11.1. The van der Waals surface area contributed by atoms with E-state index in [1.54, 1.807) is 6.07 Å². The van der Waals surface area contributed by atoms with Gasteiger partial charge in [-0.1, -0.05) is 12.1 Å². The van der Waals surface area contributed by atoms with Crippen molar-refractivity contribution >= 4 is 11.6 Å². The quantitative estimate of drug-likeness (QED) is 0.339. The van der Waals surface area contributed by atoms with Crippen molar-refractivity contribution in [1.82, 2.24) is 5.43 Å². The van der Waals surface area contributed by atoms with Crippen molar-refractivity contribution in [2.24, 2.45) is 5.84 Å². The second-order valence-electron chi connectivity index (χ2n) is 2.72. The van der Waals surface area contributed by atoms with E-state index in [2.05, 4.69) is 5.32 Å². The van der Waals surface area contributed by atoms with E-state index in [0.29, 0.717) is 5.75 Å². The molecular formula is C9H9N3O2. The fourth-order valence-corrected chi connectivity index (χ4v) is 1.15. The number of carbonyl (C=O) groups excluding carboxylic acids is 1. The average molecular weight is 191 g/mol. The van der Waals surface area contributed by atoms with Crippen LogP contribution < -0.4 is 21.3 Å². The molecule has 1 aromatic carbocycles. The lowest BCUT2D eigenvalue weighted by Crippen LogP contribution is -2.34. The number of nitrogens with two attached hydrogens (primary N) is 1. The Morgan fingerprint density at radius 1 is 1.43 bits per heavy atom. The van der Waals surface area contributed by atoms with E-state index in [4.69, 9.17) is 10.6 Å². The summed E-state index contributed by atoms with van der Waals surface area (Å²) in [5, 5.41) is 2.92. The van der Waals surface area contributed by atoms with Gasteiger partial charge in [-0.25, -0.2) is 5.84 Å². The normalized spacial score (nSPS) is 13.1. The smallest absolute Gasteiger partial charge is 0.302 e. The first-order valence-corrected chi connectivity index (χ1v) is 4.06. The van der Waals surface area contributed by atoms with Gasteiger partial charge in [0.25, 0.3) is 0 Å². The van der Waals surface area contributed by atoms with Gasteiger partial charge >= 0.3 is 5.91 Å². The summed E-state index contributed by atoms with van der Waals surface area (Å²) >= 11 is 0. The van der Waals surface area contributed by atoms with Crippen LogP contribution in [0.2, 0.25) is 0 Å². The molecule has 4 N–H and O–H groups in total. The van der Waals surface area contributed by atoms with Crippen molar-refractivity contribution in [3.05, 3.63) is 36.2 Å². The van der Waals surface area contributed by atoms with Gasteiger partial charge in [-0.3, -0.25) is 10.2 Å². The van der Waals surface area contributed by atoms with E-state index < -0.39 is 5.91 Å². The summed E-state index contributed by atoms with van der Waals surface area (Å²) in [6.07, 6.45) is 1.46. The van der Waals surface area contributed by atoms with Crippen molar-refractivity contribution in [2.45, 2.75) is 0 Å². The highest BCUT2D eigenvalue weighted by atomic mass is 16.5. The molecule has 0 bridgehead atoms. The number of rotatable bonds is 1. The number of ether oxygens (including phenoxy) is 1. The number of carbonyl (C=O) groups is 1. The van der Waals surface area contributed by atoms with Crippen LogP contribution in [0.15, 0.2) is 36.2 Å². The molecule has 0 atom stereocenters. The molecule has 72 valence electrons. The third-order valence-corrected chi connectivity index (χ3v) is 1.82. The van der Waals surface area contributed by atoms with Crippen LogP contribution in [-0.4, -0.2) is 5.91 Å². The average Bonchev–Trinajstić information content (AvgIpc) is 2.27. The zero-order valence-electron chi connectivity index (χ0n) is 7.28. The summed E-state index contributed by atoms with van der Waals surface area (Å²) in [6.45, 7) is 0. The van der Waals surface area contributed by atoms with Crippen LogP contribution >= 0.6 is 0 Å². The Hall–Kier alpha value is -2.01. The number of hydrogen-bond acceptors (Lipinski definition) is 4. The molecule has 0 unspecified atom stereocenters. The molecule has 0 fully saturated rings. The molecule has 1 amide bonds. The van der Waals surface area contributed by atoms with Crippen molar-refractivity contribution in [1.29, 1.82) is 0 Å². The first kappa shape index (κ1) is 8.58. The minimum absolute atomic E-state index is 0.145. The standard InChI is InChI=1S/C9H9N3O2/c10-12-9(13)8-5-11-6-3-1-2-4-7(6)14-8/h1-5,11H,10H2,(H,12,13). The number of fused-ring (bicyclic) bond motifs is 1. The van der Waals surface area contributed by atoms with Crippen LogP contribution in [0, 0.1) is 0 Å². The first-order chi connectivity index (χ1) is 6.81. The summed E-state index contributed by atoms with van der Waals surface area (Å²) in [5.41, 5.74) is 2.81. The van der Waals surface area contributed by atoms with E-state index in [1.807, 2.05) is 23.6 Å². The van der Waals surface area contributed by atoms with Crippen molar-refractivity contribution in [2.75, 3.05) is 5.32 Å². The Balaban J connectivity index is 2.25. The van der Waals surface area contributed by atoms with E-state index in [1.165, 1.54) is 6.20 Å². The lowest BCUT2D eigenvalue weighted by molar-refractivity contribution is -0.119. The molecule has 2 rings (SSSR count). The van der Waals surface area contributed by atoms with Gasteiger partial charge in [-0.05, 0) is 12.1 Å². The van der Waals surface area contributed by atoms with Crippen LogP contribution in [-0.2, 0) is 4.79 Å². The van der Waals surface area contributed by atoms with Gasteiger partial charge in [0, 0.05) is 0 Å². The van der Waals surface area contributed by atoms with Crippen LogP contribution in [0.4, 0.5) is 5.69 Å². The number of amides is 1. The van der Waals surface area contributed by atoms with Crippen molar-refractivity contribution in [3.63, 3.8) is 0 Å². The van der Waals surface area contributed by atoms with Gasteiger partial charge in [-0.15, -0.1) is 0 Å². The van der Waals surface area contributed by atoms with Crippen LogP contribution in [0.1, 0.15) is 0 Å². The Labute approximate surface area is 80.5 Å². The Kier molecular flexibility index (Phi) is 2.08. The Morgan fingerprint density at radius 3 is 3.00 bits per heavy atom. The minimum Gasteiger partial charge on any atom is -0.448 e. The molecule has 5 heteroatoms. The number of hydrogen-bond donors (Lipinski definition) is 3. The number of hydrazine groups is 1. The predicted molar refractivity (Wildman–Crippen MR) is 51.1 cm³/mol. The van der Waals surface area contributed by atoms with Crippen molar-refractivity contribution < 1.29 is 9.53 Å². The van der Waals surface area contributed by atoms with E-state index >= 15 is 0 Å². The molecule has 0 radical (unpaired) electrons. The number of anilines is 1. The lowest BCUT2D eigenvalue weighted by atomic mass is 10.2. The van der Waals surface area contributed by atoms with Crippen LogP contribution in [0.5, 0.6) is 5.75 Å². The number of nitrogens with one attached hydrogen (secondary N) is 2. The summed E-state index contributed by atoms with van der Waals surface area (Å²) in [4.78, 5) is 11.1. The zero-order chi connectivity index (χ0) is 9.97. The predicted octanol–water partition coefficient (Wildman–Crippen LogP) is 0.322. The number of para-hydroxylation sites is 2. The molecular weight excluding hydrogens is 182 g/mol. The van der Waals surface area contributed by atoms with E-state index in [9.17, 15) is 4.79 Å². The van der Waals surface area contributed by atoms with E-state index in [0.717, 1.165) is 5.69 Å². The molecule has 1 heterocycles. The first-order valence-electron chi connectivity index (χ1n) is 4.06. The minimum atomic E-state index is -0.466. The SMILES string of the molecule is NNC(=O)C1=CNc2ccccc2O1. The Morgan fingerprint density at radius 2 is 2.21 bits per heavy atom. The summed E-state index contributed by atoms with van der Waals surface area (Å²) in [5.74, 6) is 5.26. The molecule has 1 aliphatic heterocycles. The summed E-state index contributed by atoms with van der Waals surface area (Å²) in [7, 11) is 0. The third-order valence-electron chi connectivity index (χ3n) is 1.82. The number of benzene rings is 1. The third kappa shape index (κ3) is 1.40.